The molecule has 7 heteroatoms. The van der Waals surface area contributed by atoms with Crippen LogP contribution in [0.15, 0.2) is 48.5 Å². The third-order valence-electron chi connectivity index (χ3n) is 4.45. The van der Waals surface area contributed by atoms with Gasteiger partial charge in [0.25, 0.3) is 0 Å². The van der Waals surface area contributed by atoms with E-state index in [1.54, 1.807) is 65.8 Å². The van der Waals surface area contributed by atoms with Crippen LogP contribution in [0.4, 0.5) is 9.59 Å². The maximum absolute atomic E-state index is 11.9. The molecule has 0 aromatic heterocycles. The van der Waals surface area contributed by atoms with Gasteiger partial charge >= 0.3 is 195 Å². The van der Waals surface area contributed by atoms with Crippen molar-refractivity contribution in [1.82, 2.24) is 0 Å². The third-order valence-corrected chi connectivity index (χ3v) is 15.2. The van der Waals surface area contributed by atoms with Gasteiger partial charge in [-0.15, -0.1) is 0 Å². The van der Waals surface area contributed by atoms with Crippen molar-refractivity contribution in [3.63, 3.8) is 0 Å². The van der Waals surface area contributed by atoms with Crippen molar-refractivity contribution < 1.29 is 28.5 Å². The molecule has 0 unspecified atom stereocenters. The van der Waals surface area contributed by atoms with Crippen LogP contribution in [0.5, 0.6) is 11.5 Å². The normalized spacial score (nSPS) is 12.1. The fourth-order valence-electron chi connectivity index (χ4n) is 2.82. The molecule has 0 N–H and O–H groups in total. The molecule has 0 aliphatic heterocycles. The zero-order chi connectivity index (χ0) is 26.2. The monoisotopic (exact) mass is 590 g/mol. The molecule has 0 aliphatic carbocycles. The molecule has 0 aliphatic rings. The molecule has 0 spiro atoms. The van der Waals surface area contributed by atoms with Crippen LogP contribution in [0, 0.1) is 0 Å². The van der Waals surface area contributed by atoms with E-state index in [2.05, 4.69) is 11.9 Å². The summed E-state index contributed by atoms with van der Waals surface area (Å²) < 4.78 is 24.5. The van der Waals surface area contributed by atoms with Gasteiger partial charge in [0.2, 0.25) is 0 Å². The van der Waals surface area contributed by atoms with E-state index in [-0.39, 0.29) is 0 Å². The first-order valence-electron chi connectivity index (χ1n) is 11.5. The summed E-state index contributed by atoms with van der Waals surface area (Å²) in [6.07, 6.45) is -1.43. The molecule has 0 atom stereocenters. The van der Waals surface area contributed by atoms with Crippen LogP contribution < -0.4 is 16.7 Å². The van der Waals surface area contributed by atoms with Crippen molar-refractivity contribution in [3.05, 3.63) is 48.5 Å². The fourth-order valence-corrected chi connectivity index (χ4v) is 9.70. The fraction of sp³-hybridized carbons (Fsp3) is 0.481. The van der Waals surface area contributed by atoms with E-state index in [1.165, 1.54) is 7.22 Å². The Morgan fingerprint density at radius 3 is 1.21 bits per heavy atom. The number of hydrogen-bond donors (Lipinski definition) is 0. The molecule has 0 saturated carbocycles. The Kier molecular flexibility index (Phi) is 10.9. The SMILES string of the molecule is CC.CC[Te](C)(c1ccc(OC(=O)OC(C)(C)C)cc1)c1ccc(OC(=O)OC(C)(C)C)cc1. The summed E-state index contributed by atoms with van der Waals surface area (Å²) in [5, 5.41) is 0. The predicted octanol–water partition coefficient (Wildman–Crippen LogP) is 6.55. The summed E-state index contributed by atoms with van der Waals surface area (Å²) in [6, 6.07) is 15.3. The van der Waals surface area contributed by atoms with Crippen LogP contribution >= 0.6 is 0 Å². The molecule has 0 fully saturated rings. The second kappa shape index (κ2) is 12.5. The van der Waals surface area contributed by atoms with Gasteiger partial charge in [-0.05, 0) is 0 Å². The zero-order valence-electron chi connectivity index (χ0n) is 22.2. The maximum atomic E-state index is 11.9. The van der Waals surface area contributed by atoms with E-state index >= 15 is 0 Å². The van der Waals surface area contributed by atoms with E-state index in [0.717, 1.165) is 4.47 Å². The van der Waals surface area contributed by atoms with Gasteiger partial charge in [0.05, 0.1) is 0 Å². The Morgan fingerprint density at radius 1 is 0.676 bits per heavy atom. The van der Waals surface area contributed by atoms with Gasteiger partial charge < -0.3 is 0 Å². The van der Waals surface area contributed by atoms with Crippen LogP contribution in [0.2, 0.25) is 9.44 Å². The number of hydrogen-bond acceptors (Lipinski definition) is 6. The van der Waals surface area contributed by atoms with E-state index in [1.807, 2.05) is 38.1 Å². The minimum absolute atomic E-state index is 0.449. The zero-order valence-corrected chi connectivity index (χ0v) is 24.5. The summed E-state index contributed by atoms with van der Waals surface area (Å²) in [6.45, 7) is 17.0. The molecule has 0 radical (unpaired) electrons. The Labute approximate surface area is 208 Å². The second-order valence-corrected chi connectivity index (χ2v) is 20.0. The first kappa shape index (κ1) is 29.8. The number of benzene rings is 2. The number of rotatable bonds is 5. The van der Waals surface area contributed by atoms with Gasteiger partial charge in [-0.2, -0.15) is 0 Å². The molecule has 34 heavy (non-hydrogen) atoms. The van der Waals surface area contributed by atoms with Crippen molar-refractivity contribution in [1.29, 1.82) is 0 Å². The Hall–Kier alpha value is -2.23. The summed E-state index contributed by atoms with van der Waals surface area (Å²) in [7, 11) is 0. The van der Waals surface area contributed by atoms with Crippen LogP contribution in [-0.4, -0.2) is 41.7 Å². The van der Waals surface area contributed by atoms with Crippen LogP contribution in [-0.2, 0) is 9.47 Å². The van der Waals surface area contributed by atoms with E-state index < -0.39 is 41.7 Å². The van der Waals surface area contributed by atoms with Gasteiger partial charge in [0, 0.05) is 0 Å². The van der Waals surface area contributed by atoms with E-state index in [4.69, 9.17) is 18.9 Å². The van der Waals surface area contributed by atoms with Crippen molar-refractivity contribution in [2.45, 2.75) is 83.0 Å². The molecule has 0 saturated heterocycles. The van der Waals surface area contributed by atoms with Crippen molar-refractivity contribution in [2.24, 2.45) is 0 Å². The first-order chi connectivity index (χ1) is 15.7. The molecular weight excluding hydrogens is 548 g/mol. The molecule has 190 valence electrons. The topological polar surface area (TPSA) is 71.1 Å². The summed E-state index contributed by atoms with van der Waals surface area (Å²) in [5.41, 5.74) is -1.21. The molecule has 2 aromatic carbocycles. The number of ether oxygens (including phenoxy) is 4. The van der Waals surface area contributed by atoms with Gasteiger partial charge in [-0.1, -0.05) is 13.8 Å². The summed E-state index contributed by atoms with van der Waals surface area (Å²) in [5.74, 6) is 0.899. The second-order valence-electron chi connectivity index (χ2n) is 9.45. The Balaban J connectivity index is 0.00000281. The molecule has 2 aromatic rings. The number of carbonyl (C=O) groups excluding carboxylic acids is 2. The first-order valence-corrected chi connectivity index (χ1v) is 17.8. The quantitative estimate of drug-likeness (QED) is 0.224. The molecule has 2 rings (SSSR count). The standard InChI is InChI=1S/C25H34O6Te.C2H6/c1-9-32(8,20-14-10-18(11-15-20)28-22(26)30-24(2,3)4)21-16-12-19(13-17-21)29-23(27)31-25(5,6)7;1-2/h10-17H,9H2,1-8H3;1-2H3. The van der Waals surface area contributed by atoms with Crippen molar-refractivity contribution in [2.75, 3.05) is 0 Å². The van der Waals surface area contributed by atoms with Gasteiger partial charge in [-0.3, -0.25) is 0 Å². The Bertz CT molecular complexity index is 848. The van der Waals surface area contributed by atoms with Gasteiger partial charge in [-0.25, -0.2) is 0 Å². The Morgan fingerprint density at radius 2 is 0.971 bits per heavy atom. The molecular formula is C27H40O6Te. The van der Waals surface area contributed by atoms with Crippen LogP contribution in [0.3, 0.4) is 0 Å². The average Bonchev–Trinajstić information content (AvgIpc) is 2.73. The van der Waals surface area contributed by atoms with E-state index in [0.29, 0.717) is 11.5 Å². The predicted molar refractivity (Wildman–Crippen MR) is 139 cm³/mol. The van der Waals surface area contributed by atoms with Crippen LogP contribution in [0.1, 0.15) is 62.3 Å². The molecule has 0 heterocycles. The summed E-state index contributed by atoms with van der Waals surface area (Å²) in [4.78, 5) is 26.1. The van der Waals surface area contributed by atoms with Crippen molar-refractivity contribution in [3.8, 4) is 11.5 Å². The third kappa shape index (κ3) is 9.56. The molecule has 6 nitrogen and oxygen atoms in total. The average molecular weight is 588 g/mol. The van der Waals surface area contributed by atoms with Crippen LogP contribution in [0.25, 0.3) is 0 Å². The molecule has 0 amide bonds. The summed E-state index contributed by atoms with van der Waals surface area (Å²) >= 11 is -2.66. The minimum atomic E-state index is -2.66. The van der Waals surface area contributed by atoms with Gasteiger partial charge in [0.15, 0.2) is 0 Å². The number of carbonyl (C=O) groups is 2. The molecule has 0 bridgehead atoms. The van der Waals surface area contributed by atoms with E-state index in [9.17, 15) is 9.59 Å². The van der Waals surface area contributed by atoms with Crippen molar-refractivity contribution >= 4 is 37.7 Å². The van der Waals surface area contributed by atoms with Gasteiger partial charge in [0.1, 0.15) is 0 Å².